The zero-order valence-corrected chi connectivity index (χ0v) is 22.1. The molecule has 3 atom stereocenters. The molecule has 3 rings (SSSR count). The lowest BCUT2D eigenvalue weighted by Crippen LogP contribution is -2.49. The van der Waals surface area contributed by atoms with Crippen LogP contribution in [0.5, 0.6) is 5.75 Å². The van der Waals surface area contributed by atoms with E-state index < -0.39 is 16.1 Å². The van der Waals surface area contributed by atoms with E-state index >= 15 is 0 Å². The highest BCUT2D eigenvalue weighted by atomic mass is 32.2. The van der Waals surface area contributed by atoms with Crippen molar-refractivity contribution in [3.05, 3.63) is 53.9 Å². The topological polar surface area (TPSA) is 83.0 Å². The predicted octanol–water partition coefficient (Wildman–Crippen LogP) is 3.38. The van der Waals surface area contributed by atoms with Crippen molar-refractivity contribution in [2.45, 2.75) is 57.7 Å². The second-order valence-electron chi connectivity index (χ2n) is 9.82. The van der Waals surface area contributed by atoms with Gasteiger partial charge in [-0.1, -0.05) is 38.7 Å². The van der Waals surface area contributed by atoms with E-state index in [2.05, 4.69) is 35.6 Å². The van der Waals surface area contributed by atoms with Gasteiger partial charge in [-0.3, -0.25) is 9.88 Å². The molecule has 0 aliphatic carbocycles. The fourth-order valence-corrected chi connectivity index (χ4v) is 5.84. The van der Waals surface area contributed by atoms with Crippen LogP contribution < -0.4 is 4.74 Å². The van der Waals surface area contributed by atoms with Crippen LogP contribution in [0.1, 0.15) is 45.4 Å². The lowest BCUT2D eigenvalue weighted by atomic mass is 10.0. The minimum atomic E-state index is -3.86. The Morgan fingerprint density at radius 3 is 2.69 bits per heavy atom. The molecule has 0 saturated heterocycles. The number of aliphatic hydroxyl groups excluding tert-OH is 1. The summed E-state index contributed by atoms with van der Waals surface area (Å²) in [5.74, 6) is 6.94. The molecule has 2 heterocycles. The fourth-order valence-electron chi connectivity index (χ4n) is 4.02. The van der Waals surface area contributed by atoms with E-state index in [-0.39, 0.29) is 30.1 Å². The Kier molecular flexibility index (Phi) is 9.31. The van der Waals surface area contributed by atoms with Crippen molar-refractivity contribution in [3.63, 3.8) is 0 Å². The van der Waals surface area contributed by atoms with Crippen LogP contribution in [0.4, 0.5) is 0 Å². The lowest BCUT2D eigenvalue weighted by molar-refractivity contribution is 0.0730. The van der Waals surface area contributed by atoms with Gasteiger partial charge in [-0.2, -0.15) is 4.31 Å². The molecule has 190 valence electrons. The Balaban J connectivity index is 1.97. The molecule has 7 nitrogen and oxygen atoms in total. The number of likely N-dealkylation sites (N-methyl/N-ethyl adjacent to an activating group) is 1. The fraction of sp³-hybridized carbons (Fsp3) is 0.519. The van der Waals surface area contributed by atoms with Crippen molar-refractivity contribution in [2.75, 3.05) is 26.7 Å². The molecule has 0 fully saturated rings. The smallest absolute Gasteiger partial charge is 0.247 e. The number of ether oxygens (including phenoxy) is 1. The Labute approximate surface area is 210 Å². The van der Waals surface area contributed by atoms with Crippen molar-refractivity contribution in [1.82, 2.24) is 14.2 Å². The van der Waals surface area contributed by atoms with Crippen LogP contribution in [0, 0.1) is 23.7 Å². The van der Waals surface area contributed by atoms with Crippen LogP contribution in [-0.2, 0) is 16.6 Å². The Morgan fingerprint density at radius 2 is 2.03 bits per heavy atom. The molecule has 1 N–H and O–H groups in total. The normalized spacial score (nSPS) is 20.8. The number of aromatic nitrogens is 1. The molecule has 0 unspecified atom stereocenters. The zero-order valence-electron chi connectivity index (χ0n) is 21.3. The van der Waals surface area contributed by atoms with Gasteiger partial charge >= 0.3 is 0 Å². The number of aliphatic hydroxyl groups is 1. The van der Waals surface area contributed by atoms with Gasteiger partial charge in [-0.05, 0) is 50.2 Å². The first kappa shape index (κ1) is 27.2. The van der Waals surface area contributed by atoms with E-state index in [1.807, 2.05) is 32.2 Å². The van der Waals surface area contributed by atoms with Gasteiger partial charge < -0.3 is 9.84 Å². The maximum absolute atomic E-state index is 13.6. The van der Waals surface area contributed by atoms with Crippen LogP contribution in [0.25, 0.3) is 0 Å². The van der Waals surface area contributed by atoms with Crippen LogP contribution in [0.15, 0.2) is 47.5 Å². The van der Waals surface area contributed by atoms with E-state index in [9.17, 15) is 13.5 Å². The minimum Gasteiger partial charge on any atom is -0.487 e. The van der Waals surface area contributed by atoms with Crippen molar-refractivity contribution < 1.29 is 18.3 Å². The summed E-state index contributed by atoms with van der Waals surface area (Å²) in [4.78, 5) is 6.64. The molecule has 0 spiro atoms. The van der Waals surface area contributed by atoms with Gasteiger partial charge in [0.25, 0.3) is 0 Å². The maximum Gasteiger partial charge on any atom is 0.247 e. The van der Waals surface area contributed by atoms with Gasteiger partial charge in [0.05, 0.1) is 12.3 Å². The Bertz CT molecular complexity index is 1140. The minimum absolute atomic E-state index is 0.108. The quantitative estimate of drug-likeness (QED) is 0.588. The molecule has 0 saturated carbocycles. The third-order valence-corrected chi connectivity index (χ3v) is 8.08. The number of fused-ring (bicyclic) bond motifs is 1. The molecule has 0 bridgehead atoms. The van der Waals surface area contributed by atoms with Crippen molar-refractivity contribution in [2.24, 2.45) is 11.8 Å². The van der Waals surface area contributed by atoms with Gasteiger partial charge in [0.2, 0.25) is 10.0 Å². The molecular formula is C27H37N3O4S. The summed E-state index contributed by atoms with van der Waals surface area (Å²) in [7, 11) is -1.86. The summed E-state index contributed by atoms with van der Waals surface area (Å²) in [6, 6.07) is 10.3. The first-order valence-corrected chi connectivity index (χ1v) is 13.6. The summed E-state index contributed by atoms with van der Waals surface area (Å²) in [5.41, 5.74) is 1.67. The van der Waals surface area contributed by atoms with Crippen LogP contribution >= 0.6 is 0 Å². The zero-order chi connectivity index (χ0) is 25.6. The molecule has 35 heavy (non-hydrogen) atoms. The van der Waals surface area contributed by atoms with Gasteiger partial charge in [0, 0.05) is 49.8 Å². The van der Waals surface area contributed by atoms with Gasteiger partial charge in [-0.15, -0.1) is 0 Å². The maximum atomic E-state index is 13.6. The van der Waals surface area contributed by atoms with Crippen LogP contribution in [0.3, 0.4) is 0 Å². The second kappa shape index (κ2) is 12.0. The summed E-state index contributed by atoms with van der Waals surface area (Å²) in [5, 5.41) is 9.81. The van der Waals surface area contributed by atoms with Crippen LogP contribution in [0.2, 0.25) is 0 Å². The first-order chi connectivity index (χ1) is 16.6. The number of pyridine rings is 1. The highest BCUT2D eigenvalue weighted by molar-refractivity contribution is 7.89. The summed E-state index contributed by atoms with van der Waals surface area (Å²) in [6.07, 6.45) is 2.26. The standard InChI is InChI=1S/C27H37N3O4S/c1-20(2)9-8-10-23-12-13-27-25(15-23)34-26(18-29(5)17-24-11-6-7-14-28-24)21(3)16-30(22(4)19-31)35(27,32)33/h6-7,11-15,20-22,26,31H,9,16-19H2,1-5H3/t21-,22-,26-/m0/s1. The van der Waals surface area contributed by atoms with Gasteiger partial charge in [-0.25, -0.2) is 8.42 Å². The first-order valence-electron chi connectivity index (χ1n) is 12.1. The molecule has 1 aromatic heterocycles. The van der Waals surface area contributed by atoms with E-state index in [0.29, 0.717) is 24.8 Å². The third-order valence-electron chi connectivity index (χ3n) is 6.06. The Hall–Kier alpha value is -2.44. The molecule has 8 heteroatoms. The summed E-state index contributed by atoms with van der Waals surface area (Å²) >= 11 is 0. The number of nitrogens with zero attached hydrogens (tertiary/aromatic N) is 3. The monoisotopic (exact) mass is 499 g/mol. The molecule has 1 aliphatic rings. The van der Waals surface area contributed by atoms with Crippen LogP contribution in [-0.4, -0.2) is 66.6 Å². The van der Waals surface area contributed by atoms with E-state index in [1.165, 1.54) is 4.31 Å². The SMILES string of the molecule is CC(C)CC#Cc1ccc2c(c1)O[C@@H](CN(C)Cc1ccccn1)[C@@H](C)CN([C@@H](C)CO)S2(=O)=O. The molecule has 0 radical (unpaired) electrons. The van der Waals surface area contributed by atoms with Crippen molar-refractivity contribution in [1.29, 1.82) is 0 Å². The van der Waals surface area contributed by atoms with Crippen molar-refractivity contribution in [3.8, 4) is 17.6 Å². The Morgan fingerprint density at radius 1 is 1.26 bits per heavy atom. The molecule has 1 aliphatic heterocycles. The molecular weight excluding hydrogens is 462 g/mol. The molecule has 2 aromatic rings. The van der Waals surface area contributed by atoms with Gasteiger partial charge in [0.15, 0.2) is 0 Å². The molecule has 1 aromatic carbocycles. The second-order valence-corrected chi connectivity index (χ2v) is 11.7. The van der Waals surface area contributed by atoms with E-state index in [0.717, 1.165) is 17.7 Å². The highest BCUT2D eigenvalue weighted by Gasteiger charge is 2.38. The third kappa shape index (κ3) is 7.05. The number of benzene rings is 1. The van der Waals surface area contributed by atoms with Crippen molar-refractivity contribution >= 4 is 10.0 Å². The molecule has 0 amide bonds. The number of hydrogen-bond acceptors (Lipinski definition) is 6. The number of hydrogen-bond donors (Lipinski definition) is 1. The van der Waals surface area contributed by atoms with Gasteiger partial charge in [0.1, 0.15) is 16.7 Å². The largest absolute Gasteiger partial charge is 0.487 e. The summed E-state index contributed by atoms with van der Waals surface area (Å²) in [6.45, 7) is 9.15. The number of rotatable bonds is 7. The predicted molar refractivity (Wildman–Crippen MR) is 137 cm³/mol. The van der Waals surface area contributed by atoms with E-state index in [4.69, 9.17) is 4.74 Å². The highest BCUT2D eigenvalue weighted by Crippen LogP contribution is 2.34. The number of sulfonamides is 1. The lowest BCUT2D eigenvalue weighted by Gasteiger charge is -2.37. The summed E-state index contributed by atoms with van der Waals surface area (Å²) < 4.78 is 35.0. The average Bonchev–Trinajstić information content (AvgIpc) is 2.81. The van der Waals surface area contributed by atoms with E-state index in [1.54, 1.807) is 31.3 Å². The average molecular weight is 500 g/mol.